The minimum absolute atomic E-state index is 0.0494. The number of ether oxygens (including phenoxy) is 1. The number of carboxylic acids is 1. The third-order valence-electron chi connectivity index (χ3n) is 3.78. The number of hydrogen-bond acceptors (Lipinski definition) is 3. The second-order valence-corrected chi connectivity index (χ2v) is 5.72. The quantitative estimate of drug-likeness (QED) is 0.743. The van der Waals surface area contributed by atoms with Crippen LogP contribution in [0.2, 0.25) is 0 Å². The van der Waals surface area contributed by atoms with Crippen LogP contribution in [0.15, 0.2) is 0 Å². The van der Waals surface area contributed by atoms with Crippen LogP contribution in [-0.4, -0.2) is 34.7 Å². The monoisotopic (exact) mass is 271 g/mol. The second-order valence-electron chi connectivity index (χ2n) is 5.72. The average Bonchev–Trinajstić information content (AvgIpc) is 2.71. The number of carboxylic acid groups (broad SMARTS) is 1. The van der Waals surface area contributed by atoms with Crippen molar-refractivity contribution in [2.45, 2.75) is 77.0 Å². The number of nitrogens with one attached hydrogen (secondary N) is 1. The van der Waals surface area contributed by atoms with Crippen LogP contribution in [-0.2, 0) is 14.3 Å². The van der Waals surface area contributed by atoms with Gasteiger partial charge in [-0.25, -0.2) is 0 Å². The molecular weight excluding hydrogens is 246 g/mol. The predicted molar refractivity (Wildman–Crippen MR) is 71.9 cm³/mol. The smallest absolute Gasteiger partial charge is 0.305 e. The van der Waals surface area contributed by atoms with Gasteiger partial charge in [0.15, 0.2) is 0 Å². The Hall–Kier alpha value is -1.10. The van der Waals surface area contributed by atoms with Crippen LogP contribution in [0.25, 0.3) is 0 Å². The molecule has 0 aliphatic carbocycles. The summed E-state index contributed by atoms with van der Waals surface area (Å²) in [4.78, 5) is 22.7. The maximum absolute atomic E-state index is 11.9. The molecule has 1 aliphatic heterocycles. The zero-order valence-corrected chi connectivity index (χ0v) is 12.1. The van der Waals surface area contributed by atoms with Crippen LogP contribution in [0, 0.1) is 0 Å². The lowest BCUT2D eigenvalue weighted by Crippen LogP contribution is -2.47. The van der Waals surface area contributed by atoms with Gasteiger partial charge in [0.1, 0.15) is 0 Å². The van der Waals surface area contributed by atoms with Crippen molar-refractivity contribution in [3.05, 3.63) is 0 Å². The van der Waals surface area contributed by atoms with Crippen molar-refractivity contribution in [1.82, 2.24) is 5.32 Å². The first kappa shape index (κ1) is 16.0. The molecule has 3 atom stereocenters. The fraction of sp³-hybridized carbons (Fsp3) is 0.857. The molecule has 0 radical (unpaired) electrons. The van der Waals surface area contributed by atoms with Gasteiger partial charge in [-0.1, -0.05) is 6.92 Å². The molecule has 0 bridgehead atoms. The van der Waals surface area contributed by atoms with Gasteiger partial charge in [-0.2, -0.15) is 0 Å². The maximum atomic E-state index is 11.9. The van der Waals surface area contributed by atoms with Gasteiger partial charge in [0.25, 0.3) is 0 Å². The van der Waals surface area contributed by atoms with Gasteiger partial charge in [0.2, 0.25) is 5.91 Å². The summed E-state index contributed by atoms with van der Waals surface area (Å²) in [7, 11) is 0. The molecule has 0 saturated carbocycles. The molecule has 1 aliphatic rings. The first-order valence-corrected chi connectivity index (χ1v) is 7.03. The highest BCUT2D eigenvalue weighted by molar-refractivity contribution is 5.78. The van der Waals surface area contributed by atoms with Crippen molar-refractivity contribution < 1.29 is 19.4 Å². The fourth-order valence-corrected chi connectivity index (χ4v) is 2.38. The molecule has 0 aromatic heterocycles. The van der Waals surface area contributed by atoms with E-state index in [0.29, 0.717) is 25.4 Å². The normalized spacial score (nSPS) is 25.8. The van der Waals surface area contributed by atoms with Gasteiger partial charge in [-0.05, 0) is 39.5 Å². The highest BCUT2D eigenvalue weighted by Gasteiger charge is 2.28. The molecule has 5 nitrogen and oxygen atoms in total. The maximum Gasteiger partial charge on any atom is 0.305 e. The molecule has 2 N–H and O–H groups in total. The largest absolute Gasteiger partial charge is 0.481 e. The van der Waals surface area contributed by atoms with Crippen LogP contribution >= 0.6 is 0 Å². The number of hydrogen-bond donors (Lipinski definition) is 2. The van der Waals surface area contributed by atoms with Gasteiger partial charge in [0, 0.05) is 12.0 Å². The van der Waals surface area contributed by atoms with E-state index in [0.717, 1.165) is 12.8 Å². The van der Waals surface area contributed by atoms with E-state index in [4.69, 9.17) is 9.84 Å². The van der Waals surface area contributed by atoms with E-state index >= 15 is 0 Å². The van der Waals surface area contributed by atoms with Crippen LogP contribution in [0.3, 0.4) is 0 Å². The van der Waals surface area contributed by atoms with E-state index in [1.54, 1.807) is 6.92 Å². The summed E-state index contributed by atoms with van der Waals surface area (Å²) in [5.41, 5.74) is -0.660. The Morgan fingerprint density at radius 3 is 2.58 bits per heavy atom. The molecule has 0 unspecified atom stereocenters. The molecule has 110 valence electrons. The molecule has 1 saturated heterocycles. The molecule has 0 aromatic carbocycles. The van der Waals surface area contributed by atoms with E-state index in [9.17, 15) is 9.59 Å². The van der Waals surface area contributed by atoms with Gasteiger partial charge in [-0.3, -0.25) is 9.59 Å². The van der Waals surface area contributed by atoms with Crippen molar-refractivity contribution in [3.63, 3.8) is 0 Å². The number of amides is 1. The van der Waals surface area contributed by atoms with Crippen molar-refractivity contribution in [2.75, 3.05) is 0 Å². The average molecular weight is 271 g/mol. The highest BCUT2D eigenvalue weighted by Crippen LogP contribution is 2.23. The van der Waals surface area contributed by atoms with Gasteiger partial charge in [0.05, 0.1) is 18.6 Å². The third kappa shape index (κ3) is 5.59. The third-order valence-corrected chi connectivity index (χ3v) is 3.78. The van der Waals surface area contributed by atoms with Gasteiger partial charge >= 0.3 is 5.97 Å². The Balaban J connectivity index is 2.34. The molecular formula is C14H25NO4. The summed E-state index contributed by atoms with van der Waals surface area (Å²) >= 11 is 0. The van der Waals surface area contributed by atoms with Crippen molar-refractivity contribution in [3.8, 4) is 0 Å². The fourth-order valence-electron chi connectivity index (χ4n) is 2.38. The Bertz CT molecular complexity index is 331. The zero-order chi connectivity index (χ0) is 14.5. The minimum atomic E-state index is -0.891. The molecule has 0 aromatic rings. The first-order valence-electron chi connectivity index (χ1n) is 7.03. The van der Waals surface area contributed by atoms with Crippen molar-refractivity contribution in [2.24, 2.45) is 0 Å². The second kappa shape index (κ2) is 6.89. The Labute approximate surface area is 114 Å². The van der Waals surface area contributed by atoms with Gasteiger partial charge in [-0.15, -0.1) is 0 Å². The van der Waals surface area contributed by atoms with Crippen LogP contribution in [0.4, 0.5) is 0 Å². The predicted octanol–water partition coefficient (Wildman–Crippen LogP) is 2.09. The van der Waals surface area contributed by atoms with E-state index in [2.05, 4.69) is 5.32 Å². The topological polar surface area (TPSA) is 75.6 Å². The summed E-state index contributed by atoms with van der Waals surface area (Å²) in [5, 5.41) is 11.7. The van der Waals surface area contributed by atoms with E-state index in [1.807, 2.05) is 13.8 Å². The molecule has 5 heteroatoms. The summed E-state index contributed by atoms with van der Waals surface area (Å²) in [6.45, 7) is 5.69. The van der Waals surface area contributed by atoms with Crippen LogP contribution < -0.4 is 5.32 Å². The van der Waals surface area contributed by atoms with E-state index in [-0.39, 0.29) is 18.4 Å². The first-order chi connectivity index (χ1) is 8.84. The Morgan fingerprint density at radius 2 is 2.11 bits per heavy atom. The summed E-state index contributed by atoms with van der Waals surface area (Å²) < 4.78 is 5.66. The Morgan fingerprint density at radius 1 is 1.42 bits per heavy atom. The van der Waals surface area contributed by atoms with Crippen molar-refractivity contribution >= 4 is 11.9 Å². The Kier molecular flexibility index (Phi) is 5.79. The molecule has 0 spiro atoms. The lowest BCUT2D eigenvalue weighted by atomic mass is 9.94. The summed E-state index contributed by atoms with van der Waals surface area (Å²) in [6, 6.07) is 0. The summed E-state index contributed by atoms with van der Waals surface area (Å²) in [5.74, 6) is -0.980. The number of carbonyl (C=O) groups is 2. The highest BCUT2D eigenvalue weighted by atomic mass is 16.5. The molecule has 1 rings (SSSR count). The number of rotatable bonds is 7. The van der Waals surface area contributed by atoms with Crippen molar-refractivity contribution in [1.29, 1.82) is 0 Å². The molecule has 19 heavy (non-hydrogen) atoms. The zero-order valence-electron chi connectivity index (χ0n) is 12.1. The van der Waals surface area contributed by atoms with Gasteiger partial charge < -0.3 is 15.2 Å². The molecule has 1 amide bonds. The number of aliphatic carboxylic acids is 1. The molecule has 1 heterocycles. The lowest BCUT2D eigenvalue weighted by Gasteiger charge is -2.28. The van der Waals surface area contributed by atoms with Crippen LogP contribution in [0.1, 0.15) is 59.3 Å². The lowest BCUT2D eigenvalue weighted by molar-refractivity contribution is -0.139. The SMILES string of the molecule is CC[C@](C)(CC(=O)O)NC(=O)CC[C@@H]1CC[C@H](C)O1. The standard InChI is InChI=1S/C14H25NO4/c1-4-14(3,9-13(17)18)15-12(16)8-7-11-6-5-10(2)19-11/h10-11H,4-9H2,1-3H3,(H,15,16)(H,17,18)/t10-,11-,14+/m0/s1. The van der Waals surface area contributed by atoms with Crippen LogP contribution in [0.5, 0.6) is 0 Å². The van der Waals surface area contributed by atoms with E-state index in [1.165, 1.54) is 0 Å². The summed E-state index contributed by atoms with van der Waals surface area (Å²) in [6.07, 6.45) is 4.19. The molecule has 1 fully saturated rings. The number of carbonyl (C=O) groups excluding carboxylic acids is 1. The minimum Gasteiger partial charge on any atom is -0.481 e. The van der Waals surface area contributed by atoms with E-state index < -0.39 is 11.5 Å².